The van der Waals surface area contributed by atoms with Crippen LogP contribution in [0.4, 0.5) is 0 Å². The summed E-state index contributed by atoms with van der Waals surface area (Å²) in [5.74, 6) is 4.04. The fourth-order valence-corrected chi connectivity index (χ4v) is 6.55. The minimum atomic E-state index is 0.349. The number of rotatable bonds is 0. The highest BCUT2D eigenvalue weighted by Gasteiger charge is 2.60. The van der Waals surface area contributed by atoms with Gasteiger partial charge < -0.3 is 5.21 Å². The van der Waals surface area contributed by atoms with Crippen LogP contribution in [0.15, 0.2) is 16.3 Å². The van der Waals surface area contributed by atoms with Gasteiger partial charge in [0.05, 0.1) is 5.71 Å². The fraction of sp³-hybridized carbons (Fsp3) is 0.850. The topological polar surface area (TPSA) is 32.6 Å². The minimum absolute atomic E-state index is 0.349. The van der Waals surface area contributed by atoms with Crippen LogP contribution in [-0.4, -0.2) is 10.9 Å². The summed E-state index contributed by atoms with van der Waals surface area (Å²) in [6.07, 6.45) is 3.82. The lowest BCUT2D eigenvalue weighted by Gasteiger charge is -2.42. The Morgan fingerprint density at radius 1 is 0.955 bits per heavy atom. The van der Waals surface area contributed by atoms with E-state index in [0.717, 1.165) is 23.5 Å². The third kappa shape index (κ3) is 1.50. The van der Waals surface area contributed by atoms with Gasteiger partial charge >= 0.3 is 0 Å². The van der Waals surface area contributed by atoms with Crippen molar-refractivity contribution >= 4 is 5.71 Å². The molecule has 4 saturated carbocycles. The van der Waals surface area contributed by atoms with E-state index >= 15 is 0 Å². The van der Waals surface area contributed by atoms with E-state index in [1.165, 1.54) is 24.8 Å². The van der Waals surface area contributed by atoms with E-state index in [-0.39, 0.29) is 0 Å². The molecule has 4 bridgehead atoms. The summed E-state index contributed by atoms with van der Waals surface area (Å²) in [4.78, 5) is 0. The Balaban J connectivity index is 1.81. The average molecular weight is 301 g/mol. The molecule has 0 aromatic rings. The zero-order valence-corrected chi connectivity index (χ0v) is 15.0. The van der Waals surface area contributed by atoms with E-state index < -0.39 is 0 Å². The number of oxime groups is 1. The number of hydrogen-bond donors (Lipinski definition) is 1. The first-order valence-electron chi connectivity index (χ1n) is 9.16. The second-order valence-electron chi connectivity index (χ2n) is 9.78. The highest BCUT2D eigenvalue weighted by Crippen LogP contribution is 2.66. The first-order chi connectivity index (χ1) is 10.2. The normalized spacial score (nSPS) is 52.9. The summed E-state index contributed by atoms with van der Waals surface area (Å²) < 4.78 is 0. The maximum absolute atomic E-state index is 9.70. The molecule has 122 valence electrons. The van der Waals surface area contributed by atoms with Gasteiger partial charge in [-0.15, -0.1) is 0 Å². The van der Waals surface area contributed by atoms with Crippen molar-refractivity contribution in [3.05, 3.63) is 11.1 Å². The van der Waals surface area contributed by atoms with E-state index in [1.54, 1.807) is 5.57 Å². The first-order valence-corrected chi connectivity index (χ1v) is 9.16. The van der Waals surface area contributed by atoms with Gasteiger partial charge in [0.1, 0.15) is 0 Å². The molecule has 0 aliphatic heterocycles. The molecule has 4 aliphatic rings. The van der Waals surface area contributed by atoms with Crippen LogP contribution in [0.1, 0.15) is 60.8 Å². The Bertz CT molecular complexity index is 579. The molecule has 0 unspecified atom stereocenters. The van der Waals surface area contributed by atoms with Crippen LogP contribution in [0, 0.1) is 46.3 Å². The lowest BCUT2D eigenvalue weighted by Crippen LogP contribution is -2.37. The highest BCUT2D eigenvalue weighted by atomic mass is 16.4. The molecule has 4 fully saturated rings. The second kappa shape index (κ2) is 4.19. The molecule has 0 saturated heterocycles. The van der Waals surface area contributed by atoms with Gasteiger partial charge in [0.15, 0.2) is 0 Å². The predicted molar refractivity (Wildman–Crippen MR) is 89.9 cm³/mol. The molecule has 22 heavy (non-hydrogen) atoms. The molecular formula is C20H31NO. The van der Waals surface area contributed by atoms with Crippen LogP contribution in [0.5, 0.6) is 0 Å². The standard InChI is InChI=1S/C20H31NO/c1-10-13-7-12(19(10,3)4)8-15(13)17-16-9-14(18(17)21-22)11(2)20(16,5)6/h10-14,16,22H,7-9H2,1-6H3/b17-15-,21-18-/t10-,11-,12-,13-,14+,16-/m1/s1. The Hall–Kier alpha value is -0.790. The van der Waals surface area contributed by atoms with Crippen molar-refractivity contribution in [1.29, 1.82) is 0 Å². The van der Waals surface area contributed by atoms with Crippen LogP contribution < -0.4 is 0 Å². The van der Waals surface area contributed by atoms with Crippen molar-refractivity contribution in [3.63, 3.8) is 0 Å². The van der Waals surface area contributed by atoms with Gasteiger partial charge in [-0.3, -0.25) is 0 Å². The Morgan fingerprint density at radius 2 is 1.59 bits per heavy atom. The second-order valence-corrected chi connectivity index (χ2v) is 9.78. The molecular weight excluding hydrogens is 270 g/mol. The van der Waals surface area contributed by atoms with Gasteiger partial charge in [-0.05, 0) is 65.3 Å². The average Bonchev–Trinajstić information content (AvgIpc) is 3.14. The number of allylic oxidation sites excluding steroid dienone is 2. The molecule has 1 N–H and O–H groups in total. The summed E-state index contributed by atoms with van der Waals surface area (Å²) in [7, 11) is 0. The van der Waals surface area contributed by atoms with Crippen LogP contribution in [0.2, 0.25) is 0 Å². The third-order valence-electron chi connectivity index (χ3n) is 8.88. The molecule has 2 heteroatoms. The van der Waals surface area contributed by atoms with Gasteiger partial charge in [-0.2, -0.15) is 0 Å². The van der Waals surface area contributed by atoms with Gasteiger partial charge in [0.2, 0.25) is 0 Å². The van der Waals surface area contributed by atoms with Crippen molar-refractivity contribution in [2.45, 2.75) is 60.8 Å². The Morgan fingerprint density at radius 3 is 2.14 bits per heavy atom. The van der Waals surface area contributed by atoms with Crippen molar-refractivity contribution < 1.29 is 5.21 Å². The Labute approximate surface area is 135 Å². The predicted octanol–water partition coefficient (Wildman–Crippen LogP) is 5.13. The fourth-order valence-electron chi connectivity index (χ4n) is 6.55. The van der Waals surface area contributed by atoms with Gasteiger partial charge in [0.25, 0.3) is 0 Å². The molecule has 4 aliphatic carbocycles. The van der Waals surface area contributed by atoms with E-state index in [2.05, 4.69) is 46.7 Å². The van der Waals surface area contributed by atoms with E-state index in [9.17, 15) is 5.21 Å². The lowest BCUT2D eigenvalue weighted by atomic mass is 9.62. The molecule has 0 radical (unpaired) electrons. The smallest absolute Gasteiger partial charge is 0.0864 e. The highest BCUT2D eigenvalue weighted by molar-refractivity contribution is 6.06. The molecule has 2 nitrogen and oxygen atoms in total. The summed E-state index contributed by atoms with van der Waals surface area (Å²) in [5.41, 5.74) is 5.06. The van der Waals surface area contributed by atoms with Crippen LogP contribution >= 0.6 is 0 Å². The largest absolute Gasteiger partial charge is 0.411 e. The summed E-state index contributed by atoms with van der Waals surface area (Å²) in [5, 5.41) is 13.5. The van der Waals surface area contributed by atoms with E-state index in [4.69, 9.17) is 0 Å². The summed E-state index contributed by atoms with van der Waals surface area (Å²) in [6.45, 7) is 14.6. The van der Waals surface area contributed by atoms with E-state index in [0.29, 0.717) is 28.6 Å². The number of nitrogens with zero attached hydrogens (tertiary/aromatic N) is 1. The monoisotopic (exact) mass is 301 g/mol. The minimum Gasteiger partial charge on any atom is -0.411 e. The molecule has 4 rings (SSSR count). The van der Waals surface area contributed by atoms with Crippen molar-refractivity contribution in [2.75, 3.05) is 0 Å². The molecule has 6 atom stereocenters. The SMILES string of the molecule is C[C@@H]1[C@H]2C[C@H](C/C2=C2/C(=N\O)[C@H]3C[C@H]2C(C)(C)[C@@H]3C)C1(C)C. The van der Waals surface area contributed by atoms with Crippen LogP contribution in [0.3, 0.4) is 0 Å². The maximum Gasteiger partial charge on any atom is 0.0864 e. The first kappa shape index (κ1) is 14.8. The molecule has 0 spiro atoms. The van der Waals surface area contributed by atoms with Crippen molar-refractivity contribution in [2.24, 2.45) is 51.5 Å². The summed E-state index contributed by atoms with van der Waals surface area (Å²) in [6, 6.07) is 0. The molecule has 0 aromatic carbocycles. The van der Waals surface area contributed by atoms with Crippen molar-refractivity contribution in [1.82, 2.24) is 0 Å². The van der Waals surface area contributed by atoms with Crippen molar-refractivity contribution in [3.8, 4) is 0 Å². The lowest BCUT2D eigenvalue weighted by molar-refractivity contribution is 0.160. The quantitative estimate of drug-likeness (QED) is 0.488. The van der Waals surface area contributed by atoms with Gasteiger partial charge in [-0.1, -0.05) is 52.3 Å². The van der Waals surface area contributed by atoms with E-state index in [1.807, 2.05) is 0 Å². The summed E-state index contributed by atoms with van der Waals surface area (Å²) >= 11 is 0. The van der Waals surface area contributed by atoms with Crippen LogP contribution in [0.25, 0.3) is 0 Å². The zero-order valence-electron chi connectivity index (χ0n) is 15.0. The molecule has 0 amide bonds. The van der Waals surface area contributed by atoms with Crippen LogP contribution in [-0.2, 0) is 0 Å². The zero-order chi connectivity index (χ0) is 16.0. The maximum atomic E-state index is 9.70. The Kier molecular flexibility index (Phi) is 2.81. The van der Waals surface area contributed by atoms with Gasteiger partial charge in [0, 0.05) is 5.92 Å². The molecule has 0 heterocycles. The molecule has 0 aromatic heterocycles. The van der Waals surface area contributed by atoms with Gasteiger partial charge in [-0.25, -0.2) is 0 Å². The third-order valence-corrected chi connectivity index (χ3v) is 8.88. The number of hydrogen-bond acceptors (Lipinski definition) is 2. The number of fused-ring (bicyclic) bond motifs is 4.